The van der Waals surface area contributed by atoms with Gasteiger partial charge in [-0.25, -0.2) is 15.0 Å². The standard InChI is InChI=1S/C54H37N5/c1-54(2)43-26-10-6-24-41(43)49-44(54)30-31-48-50(49)42-25-9-13-29-47(42)59(48)38-21-15-19-36(33-38)53-56-51(34-16-4-3-5-17-34)55-52(57-53)35-18-14-20-37(32-35)58-45-27-11-7-22-39(45)40-23-8-12-28-46(40)58/h3-33H,1-2H3. The van der Waals surface area contributed by atoms with Gasteiger partial charge in [-0.05, 0) is 70.8 Å². The molecule has 0 spiro atoms. The van der Waals surface area contributed by atoms with Crippen LogP contribution in [-0.4, -0.2) is 24.1 Å². The van der Waals surface area contributed by atoms with Crippen LogP contribution in [0.25, 0.3) is 100 Å². The van der Waals surface area contributed by atoms with Crippen LogP contribution < -0.4 is 0 Å². The summed E-state index contributed by atoms with van der Waals surface area (Å²) in [6, 6.07) is 66.9. The predicted molar refractivity (Wildman–Crippen MR) is 242 cm³/mol. The van der Waals surface area contributed by atoms with E-state index in [1.165, 1.54) is 54.8 Å². The minimum Gasteiger partial charge on any atom is -0.309 e. The Bertz CT molecular complexity index is 3430. The van der Waals surface area contributed by atoms with Gasteiger partial charge in [0, 0.05) is 55.0 Å². The molecule has 11 aromatic rings. The summed E-state index contributed by atoms with van der Waals surface area (Å²) in [6.07, 6.45) is 0. The van der Waals surface area contributed by atoms with Gasteiger partial charge in [-0.2, -0.15) is 0 Å². The molecule has 59 heavy (non-hydrogen) atoms. The zero-order valence-electron chi connectivity index (χ0n) is 32.6. The summed E-state index contributed by atoms with van der Waals surface area (Å²) in [5.41, 5.74) is 14.9. The third kappa shape index (κ3) is 5.01. The number of para-hydroxylation sites is 3. The largest absolute Gasteiger partial charge is 0.309 e. The van der Waals surface area contributed by atoms with Gasteiger partial charge in [0.15, 0.2) is 17.5 Å². The van der Waals surface area contributed by atoms with Crippen LogP contribution in [0.2, 0.25) is 0 Å². The van der Waals surface area contributed by atoms with E-state index in [0.29, 0.717) is 17.5 Å². The van der Waals surface area contributed by atoms with Crippen LogP contribution in [0.3, 0.4) is 0 Å². The minimum atomic E-state index is -0.0843. The Kier molecular flexibility index (Phi) is 7.20. The summed E-state index contributed by atoms with van der Waals surface area (Å²) in [6.45, 7) is 4.69. The van der Waals surface area contributed by atoms with Crippen molar-refractivity contribution in [3.05, 3.63) is 199 Å². The molecule has 0 fully saturated rings. The van der Waals surface area contributed by atoms with E-state index in [-0.39, 0.29) is 5.41 Å². The molecule has 0 saturated carbocycles. The molecule has 278 valence electrons. The van der Waals surface area contributed by atoms with Crippen LogP contribution in [-0.2, 0) is 5.41 Å². The van der Waals surface area contributed by atoms with E-state index >= 15 is 0 Å². The lowest BCUT2D eigenvalue weighted by molar-refractivity contribution is 0.661. The summed E-state index contributed by atoms with van der Waals surface area (Å²) >= 11 is 0. The highest BCUT2D eigenvalue weighted by Crippen LogP contribution is 2.53. The van der Waals surface area contributed by atoms with Crippen LogP contribution in [0.15, 0.2) is 188 Å². The molecule has 3 aromatic heterocycles. The van der Waals surface area contributed by atoms with Crippen LogP contribution in [0, 0.1) is 0 Å². The van der Waals surface area contributed by atoms with Crippen LogP contribution in [0.4, 0.5) is 0 Å². The zero-order valence-corrected chi connectivity index (χ0v) is 32.6. The van der Waals surface area contributed by atoms with Gasteiger partial charge in [0.25, 0.3) is 0 Å². The number of nitrogens with zero attached hydrogens (tertiary/aromatic N) is 5. The highest BCUT2D eigenvalue weighted by atomic mass is 15.0. The van der Waals surface area contributed by atoms with Gasteiger partial charge in [-0.1, -0.05) is 153 Å². The molecule has 12 rings (SSSR count). The van der Waals surface area contributed by atoms with Gasteiger partial charge in [0.2, 0.25) is 0 Å². The molecule has 1 aliphatic carbocycles. The van der Waals surface area contributed by atoms with E-state index in [0.717, 1.165) is 39.1 Å². The van der Waals surface area contributed by atoms with Crippen molar-refractivity contribution in [2.24, 2.45) is 0 Å². The maximum Gasteiger partial charge on any atom is 0.164 e. The number of hydrogen-bond donors (Lipinski definition) is 0. The molecule has 5 heteroatoms. The second-order valence-electron chi connectivity index (χ2n) is 16.0. The second kappa shape index (κ2) is 12.7. The van der Waals surface area contributed by atoms with Crippen LogP contribution in [0.1, 0.15) is 25.0 Å². The third-order valence-corrected chi connectivity index (χ3v) is 12.4. The maximum absolute atomic E-state index is 5.24. The normalized spacial score (nSPS) is 13.1. The molecule has 1 aliphatic rings. The van der Waals surface area contributed by atoms with Crippen molar-refractivity contribution in [1.82, 2.24) is 24.1 Å². The van der Waals surface area contributed by atoms with Gasteiger partial charge in [0.05, 0.1) is 22.1 Å². The quantitative estimate of drug-likeness (QED) is 0.176. The Morgan fingerprint density at radius 1 is 0.373 bits per heavy atom. The van der Waals surface area contributed by atoms with Crippen LogP contribution in [0.5, 0.6) is 0 Å². The van der Waals surface area contributed by atoms with Gasteiger partial charge in [-0.15, -0.1) is 0 Å². The Labute approximate surface area is 341 Å². The lowest BCUT2D eigenvalue weighted by atomic mass is 9.82. The van der Waals surface area contributed by atoms with E-state index in [9.17, 15) is 0 Å². The van der Waals surface area contributed by atoms with E-state index in [2.05, 4.69) is 193 Å². The molecule has 8 aromatic carbocycles. The summed E-state index contributed by atoms with van der Waals surface area (Å²) < 4.78 is 4.73. The van der Waals surface area contributed by atoms with Crippen molar-refractivity contribution >= 4 is 43.6 Å². The Morgan fingerprint density at radius 3 is 1.47 bits per heavy atom. The SMILES string of the molecule is CC1(C)c2ccccc2-c2c1ccc1c2c2ccccc2n1-c1cccc(-c2nc(-c3ccccc3)nc(-c3cccc(-n4c5ccccc5c5ccccc54)c3)n2)c1. The Morgan fingerprint density at radius 2 is 0.847 bits per heavy atom. The maximum atomic E-state index is 5.24. The molecule has 0 N–H and O–H groups in total. The van der Waals surface area contributed by atoms with E-state index in [1.807, 2.05) is 18.2 Å². The molecule has 0 amide bonds. The summed E-state index contributed by atoms with van der Waals surface area (Å²) in [5, 5.41) is 4.99. The first-order valence-electron chi connectivity index (χ1n) is 20.2. The first-order chi connectivity index (χ1) is 29.0. The van der Waals surface area contributed by atoms with Crippen molar-refractivity contribution in [2.75, 3.05) is 0 Å². The lowest BCUT2D eigenvalue weighted by Gasteiger charge is -2.21. The first-order valence-corrected chi connectivity index (χ1v) is 20.2. The van der Waals surface area contributed by atoms with Crippen molar-refractivity contribution in [3.63, 3.8) is 0 Å². The summed E-state index contributed by atoms with van der Waals surface area (Å²) in [4.78, 5) is 15.5. The van der Waals surface area contributed by atoms with E-state index in [4.69, 9.17) is 15.0 Å². The Hall–Kier alpha value is -7.63. The smallest absolute Gasteiger partial charge is 0.164 e. The second-order valence-corrected chi connectivity index (χ2v) is 16.0. The Balaban J connectivity index is 1.04. The number of hydrogen-bond acceptors (Lipinski definition) is 3. The number of fused-ring (bicyclic) bond motifs is 10. The molecular formula is C54H37N5. The average molecular weight is 756 g/mol. The van der Waals surface area contributed by atoms with Crippen molar-refractivity contribution in [3.8, 4) is 56.7 Å². The number of aromatic nitrogens is 5. The number of rotatable bonds is 5. The summed E-state index contributed by atoms with van der Waals surface area (Å²) in [7, 11) is 0. The van der Waals surface area contributed by atoms with Gasteiger partial charge >= 0.3 is 0 Å². The molecule has 0 bridgehead atoms. The molecule has 0 radical (unpaired) electrons. The van der Waals surface area contributed by atoms with Crippen molar-refractivity contribution < 1.29 is 0 Å². The third-order valence-electron chi connectivity index (χ3n) is 12.4. The van der Waals surface area contributed by atoms with Crippen molar-refractivity contribution in [1.29, 1.82) is 0 Å². The van der Waals surface area contributed by atoms with Crippen molar-refractivity contribution in [2.45, 2.75) is 19.3 Å². The van der Waals surface area contributed by atoms with E-state index < -0.39 is 0 Å². The summed E-state index contributed by atoms with van der Waals surface area (Å²) in [5.74, 6) is 1.87. The fourth-order valence-corrected chi connectivity index (χ4v) is 9.65. The van der Waals surface area contributed by atoms with Crippen LogP contribution >= 0.6 is 0 Å². The molecule has 0 saturated heterocycles. The molecule has 3 heterocycles. The van der Waals surface area contributed by atoms with Gasteiger partial charge in [0.1, 0.15) is 0 Å². The van der Waals surface area contributed by atoms with Gasteiger partial charge < -0.3 is 9.13 Å². The molecule has 0 unspecified atom stereocenters. The highest BCUT2D eigenvalue weighted by Gasteiger charge is 2.37. The molecule has 0 aliphatic heterocycles. The molecule has 0 atom stereocenters. The fourth-order valence-electron chi connectivity index (χ4n) is 9.65. The monoisotopic (exact) mass is 755 g/mol. The molecule has 5 nitrogen and oxygen atoms in total. The predicted octanol–water partition coefficient (Wildman–Crippen LogP) is 13.4. The number of benzene rings is 8. The molecular weight excluding hydrogens is 719 g/mol. The lowest BCUT2D eigenvalue weighted by Crippen LogP contribution is -2.14. The average Bonchev–Trinajstić information content (AvgIpc) is 3.90. The topological polar surface area (TPSA) is 48.5 Å². The zero-order chi connectivity index (χ0) is 39.2. The minimum absolute atomic E-state index is 0.0843. The first kappa shape index (κ1) is 33.5. The van der Waals surface area contributed by atoms with E-state index in [1.54, 1.807) is 0 Å². The fraction of sp³-hybridized carbons (Fsp3) is 0.0556. The van der Waals surface area contributed by atoms with Gasteiger partial charge in [-0.3, -0.25) is 0 Å². The highest BCUT2D eigenvalue weighted by molar-refractivity contribution is 6.18.